The maximum Gasteiger partial charge on any atom is 0.238 e. The van der Waals surface area contributed by atoms with Crippen LogP contribution in [0.5, 0.6) is 0 Å². The summed E-state index contributed by atoms with van der Waals surface area (Å²) >= 11 is 7.30. The quantitative estimate of drug-likeness (QED) is 0.433. The number of halogens is 1. The van der Waals surface area contributed by atoms with Gasteiger partial charge in [0.2, 0.25) is 17.7 Å². The van der Waals surface area contributed by atoms with E-state index in [0.29, 0.717) is 29.2 Å². The summed E-state index contributed by atoms with van der Waals surface area (Å²) in [5.41, 5.74) is 1.24. The molecule has 2 aromatic rings. The molecule has 0 bridgehead atoms. The minimum absolute atomic E-state index is 0.120. The molecule has 1 heterocycles. The molecule has 0 unspecified atom stereocenters. The van der Waals surface area contributed by atoms with Gasteiger partial charge < -0.3 is 5.32 Å². The SMILES string of the molecule is O=C(CSc1ccc(N2C(=O)[C@@H]3CC=CC[C@H]3C2=O)cc1)Nc1cccc(Cl)c1. The number of fused-ring (bicyclic) bond motifs is 1. The molecule has 3 amide bonds. The van der Waals surface area contributed by atoms with E-state index in [1.165, 1.54) is 16.7 Å². The Labute approximate surface area is 178 Å². The maximum absolute atomic E-state index is 12.7. The fourth-order valence-corrected chi connectivity index (χ4v) is 4.55. The van der Waals surface area contributed by atoms with Crippen molar-refractivity contribution < 1.29 is 14.4 Å². The lowest BCUT2D eigenvalue weighted by Gasteiger charge is -2.15. The monoisotopic (exact) mass is 426 g/mol. The Kier molecular flexibility index (Phi) is 5.74. The molecule has 148 valence electrons. The number of nitrogens with zero attached hydrogens (tertiary/aromatic N) is 1. The number of nitrogens with one attached hydrogen (secondary N) is 1. The zero-order valence-corrected chi connectivity index (χ0v) is 17.1. The molecule has 1 saturated heterocycles. The molecule has 2 aliphatic rings. The Morgan fingerprint density at radius 1 is 1.03 bits per heavy atom. The van der Waals surface area contributed by atoms with Crippen molar-refractivity contribution in [2.24, 2.45) is 11.8 Å². The van der Waals surface area contributed by atoms with Crippen molar-refractivity contribution in [1.29, 1.82) is 0 Å². The number of allylic oxidation sites excluding steroid dienone is 2. The molecule has 1 fully saturated rings. The molecular weight excluding hydrogens is 408 g/mol. The van der Waals surface area contributed by atoms with Crippen LogP contribution in [0.15, 0.2) is 65.6 Å². The zero-order chi connectivity index (χ0) is 20.4. The summed E-state index contributed by atoms with van der Waals surface area (Å²) in [6.07, 6.45) is 5.21. The van der Waals surface area contributed by atoms with E-state index in [9.17, 15) is 14.4 Å². The number of hydrogen-bond donors (Lipinski definition) is 1. The van der Waals surface area contributed by atoms with Crippen molar-refractivity contribution in [3.8, 4) is 0 Å². The van der Waals surface area contributed by atoms with Crippen molar-refractivity contribution in [2.75, 3.05) is 16.0 Å². The van der Waals surface area contributed by atoms with Gasteiger partial charge in [0.1, 0.15) is 0 Å². The Bertz CT molecular complexity index is 964. The van der Waals surface area contributed by atoms with E-state index >= 15 is 0 Å². The molecule has 7 heteroatoms. The largest absolute Gasteiger partial charge is 0.325 e. The predicted octanol–water partition coefficient (Wildman–Crippen LogP) is 4.53. The maximum atomic E-state index is 12.7. The van der Waals surface area contributed by atoms with E-state index in [-0.39, 0.29) is 35.3 Å². The standard InChI is InChI=1S/C22H19ClN2O3S/c23-14-4-3-5-15(12-14)24-20(26)13-29-17-10-8-16(9-11-17)25-21(27)18-6-1-2-7-19(18)22(25)28/h1-5,8-12,18-19H,6-7,13H2,(H,24,26)/t18-,19-/m1/s1. The third-order valence-corrected chi connectivity index (χ3v) is 6.33. The number of thioether (sulfide) groups is 1. The van der Waals surface area contributed by atoms with E-state index in [1.54, 1.807) is 36.4 Å². The number of carbonyl (C=O) groups is 3. The van der Waals surface area contributed by atoms with E-state index in [2.05, 4.69) is 5.32 Å². The van der Waals surface area contributed by atoms with Crippen LogP contribution in [-0.2, 0) is 14.4 Å². The van der Waals surface area contributed by atoms with Gasteiger partial charge in [0.05, 0.1) is 23.3 Å². The van der Waals surface area contributed by atoms with Crippen molar-refractivity contribution in [1.82, 2.24) is 0 Å². The van der Waals surface area contributed by atoms with Crippen LogP contribution in [0.2, 0.25) is 5.02 Å². The minimum atomic E-state index is -0.239. The second-order valence-electron chi connectivity index (χ2n) is 7.01. The van der Waals surface area contributed by atoms with Gasteiger partial charge >= 0.3 is 0 Å². The van der Waals surface area contributed by atoms with Crippen LogP contribution in [0.25, 0.3) is 0 Å². The first-order valence-corrected chi connectivity index (χ1v) is 10.7. The van der Waals surface area contributed by atoms with Gasteiger partial charge in [-0.2, -0.15) is 0 Å². The molecule has 2 atom stereocenters. The van der Waals surface area contributed by atoms with E-state index < -0.39 is 0 Å². The van der Waals surface area contributed by atoms with Gasteiger partial charge in [-0.3, -0.25) is 19.3 Å². The Hall–Kier alpha value is -2.57. The lowest BCUT2D eigenvalue weighted by atomic mass is 9.85. The van der Waals surface area contributed by atoms with Gasteiger partial charge in [-0.05, 0) is 55.3 Å². The Balaban J connectivity index is 1.36. The summed E-state index contributed by atoms with van der Waals surface area (Å²) in [6.45, 7) is 0. The van der Waals surface area contributed by atoms with Gasteiger partial charge in [-0.15, -0.1) is 11.8 Å². The van der Waals surface area contributed by atoms with Gasteiger partial charge in [-0.1, -0.05) is 29.8 Å². The number of anilines is 2. The first-order chi connectivity index (χ1) is 14.0. The smallest absolute Gasteiger partial charge is 0.238 e. The van der Waals surface area contributed by atoms with Crippen molar-refractivity contribution in [3.63, 3.8) is 0 Å². The fraction of sp³-hybridized carbons (Fsp3) is 0.227. The molecule has 2 aromatic carbocycles. The van der Waals surface area contributed by atoms with Crippen molar-refractivity contribution in [2.45, 2.75) is 17.7 Å². The number of benzene rings is 2. The van der Waals surface area contributed by atoms with Crippen LogP contribution in [0.4, 0.5) is 11.4 Å². The van der Waals surface area contributed by atoms with Gasteiger partial charge in [-0.25, -0.2) is 0 Å². The fourth-order valence-electron chi connectivity index (χ4n) is 3.66. The molecule has 1 aliphatic carbocycles. The van der Waals surface area contributed by atoms with E-state index in [1.807, 2.05) is 24.3 Å². The molecule has 5 nitrogen and oxygen atoms in total. The summed E-state index contributed by atoms with van der Waals surface area (Å²) in [5, 5.41) is 3.36. The molecular formula is C22H19ClN2O3S. The van der Waals surface area contributed by atoms with Gasteiger partial charge in [0.25, 0.3) is 0 Å². The second kappa shape index (κ2) is 8.43. The molecule has 29 heavy (non-hydrogen) atoms. The first-order valence-electron chi connectivity index (χ1n) is 9.34. The number of imide groups is 1. The topological polar surface area (TPSA) is 66.5 Å². The normalized spacial score (nSPS) is 20.7. The molecule has 4 rings (SSSR count). The average Bonchev–Trinajstić information content (AvgIpc) is 2.98. The van der Waals surface area contributed by atoms with Crippen LogP contribution in [0.1, 0.15) is 12.8 Å². The Morgan fingerprint density at radius 2 is 1.69 bits per heavy atom. The summed E-state index contributed by atoms with van der Waals surface area (Å²) in [5.74, 6) is -0.615. The van der Waals surface area contributed by atoms with Crippen LogP contribution in [-0.4, -0.2) is 23.5 Å². The van der Waals surface area contributed by atoms with E-state index in [0.717, 1.165) is 4.90 Å². The molecule has 1 N–H and O–H groups in total. The second-order valence-corrected chi connectivity index (χ2v) is 8.49. The highest BCUT2D eigenvalue weighted by Crippen LogP contribution is 2.38. The average molecular weight is 427 g/mol. The lowest BCUT2D eigenvalue weighted by Crippen LogP contribution is -2.30. The third-order valence-electron chi connectivity index (χ3n) is 5.08. The Morgan fingerprint density at radius 3 is 2.31 bits per heavy atom. The van der Waals surface area contributed by atoms with Crippen LogP contribution in [0.3, 0.4) is 0 Å². The number of rotatable bonds is 5. The third kappa shape index (κ3) is 4.23. The molecule has 0 radical (unpaired) electrons. The number of carbonyl (C=O) groups excluding carboxylic acids is 3. The first kappa shape index (κ1) is 19.7. The van der Waals surface area contributed by atoms with Gasteiger partial charge in [0, 0.05) is 15.6 Å². The molecule has 0 aromatic heterocycles. The predicted molar refractivity (Wildman–Crippen MR) is 115 cm³/mol. The summed E-state index contributed by atoms with van der Waals surface area (Å²) in [6, 6.07) is 14.2. The van der Waals surface area contributed by atoms with Gasteiger partial charge in [0.15, 0.2) is 0 Å². The van der Waals surface area contributed by atoms with Crippen LogP contribution >= 0.6 is 23.4 Å². The summed E-state index contributed by atoms with van der Waals surface area (Å²) in [4.78, 5) is 39.6. The zero-order valence-electron chi connectivity index (χ0n) is 15.5. The number of hydrogen-bond acceptors (Lipinski definition) is 4. The summed E-state index contributed by atoms with van der Waals surface area (Å²) < 4.78 is 0. The van der Waals surface area contributed by atoms with Crippen LogP contribution < -0.4 is 10.2 Å². The lowest BCUT2D eigenvalue weighted by molar-refractivity contribution is -0.122. The van der Waals surface area contributed by atoms with Crippen molar-refractivity contribution >= 4 is 52.5 Å². The highest BCUT2D eigenvalue weighted by Gasteiger charge is 2.47. The number of amides is 3. The molecule has 0 spiro atoms. The minimum Gasteiger partial charge on any atom is -0.325 e. The molecule has 1 aliphatic heterocycles. The van der Waals surface area contributed by atoms with Crippen LogP contribution in [0, 0.1) is 11.8 Å². The highest BCUT2D eigenvalue weighted by atomic mass is 35.5. The summed E-state index contributed by atoms with van der Waals surface area (Å²) in [7, 11) is 0. The highest BCUT2D eigenvalue weighted by molar-refractivity contribution is 8.00. The van der Waals surface area contributed by atoms with E-state index in [4.69, 9.17) is 11.6 Å². The molecule has 0 saturated carbocycles. The van der Waals surface area contributed by atoms with Crippen molar-refractivity contribution in [3.05, 3.63) is 65.7 Å².